The average Bonchev–Trinajstić information content (AvgIpc) is 2.47. The number of nitrogens with zero attached hydrogens (tertiary/aromatic N) is 1. The zero-order valence-corrected chi connectivity index (χ0v) is 13.8. The molecule has 1 aromatic rings. The molecule has 2 rings (SSSR count). The van der Waals surface area contributed by atoms with Crippen LogP contribution in [0.1, 0.15) is 30.4 Å². The van der Waals surface area contributed by atoms with Gasteiger partial charge in [0.25, 0.3) is 0 Å². The standard InChI is InChI=1S/C16H24N2O2.ClH/c1-12-10-13(7-8-15(12)20-3)11-18(2)16(19)14-6-4-5-9-17-14;/h7-8,10,14,17H,4-6,9,11H2,1-3H3;1H/t14-;/m1./s1. The molecular weight excluding hydrogens is 288 g/mol. The first-order valence-electron chi connectivity index (χ1n) is 7.23. The third kappa shape index (κ3) is 4.61. The summed E-state index contributed by atoms with van der Waals surface area (Å²) in [5.74, 6) is 1.08. The van der Waals surface area contributed by atoms with E-state index in [1.165, 1.54) is 6.42 Å². The molecule has 1 heterocycles. The molecule has 0 spiro atoms. The molecule has 118 valence electrons. The van der Waals surface area contributed by atoms with Gasteiger partial charge in [0.05, 0.1) is 13.2 Å². The van der Waals surface area contributed by atoms with Crippen molar-refractivity contribution >= 4 is 18.3 Å². The summed E-state index contributed by atoms with van der Waals surface area (Å²) in [7, 11) is 3.55. The molecule has 0 aromatic heterocycles. The van der Waals surface area contributed by atoms with Gasteiger partial charge in [-0.1, -0.05) is 18.6 Å². The molecule has 1 aliphatic rings. The summed E-state index contributed by atoms with van der Waals surface area (Å²) >= 11 is 0. The van der Waals surface area contributed by atoms with Crippen molar-refractivity contribution < 1.29 is 9.53 Å². The van der Waals surface area contributed by atoms with Crippen molar-refractivity contribution in [2.24, 2.45) is 0 Å². The maximum Gasteiger partial charge on any atom is 0.239 e. The predicted octanol–water partition coefficient (Wildman–Crippen LogP) is 2.53. The molecule has 1 atom stereocenters. The van der Waals surface area contributed by atoms with E-state index >= 15 is 0 Å². The zero-order chi connectivity index (χ0) is 14.5. The van der Waals surface area contributed by atoms with Crippen molar-refractivity contribution in [1.29, 1.82) is 0 Å². The molecule has 0 bridgehead atoms. The van der Waals surface area contributed by atoms with Crippen molar-refractivity contribution in [2.45, 2.75) is 38.8 Å². The summed E-state index contributed by atoms with van der Waals surface area (Å²) in [5.41, 5.74) is 2.23. The second kappa shape index (κ2) is 8.25. The van der Waals surface area contributed by atoms with Gasteiger partial charge >= 0.3 is 0 Å². The Labute approximate surface area is 133 Å². The van der Waals surface area contributed by atoms with Crippen LogP contribution in [0, 0.1) is 6.92 Å². The van der Waals surface area contributed by atoms with Crippen LogP contribution in [-0.4, -0.2) is 37.6 Å². The highest BCUT2D eigenvalue weighted by molar-refractivity contribution is 5.85. The van der Waals surface area contributed by atoms with Crippen LogP contribution in [0.5, 0.6) is 5.75 Å². The van der Waals surface area contributed by atoms with E-state index in [1.807, 2.05) is 31.0 Å². The zero-order valence-electron chi connectivity index (χ0n) is 13.0. The monoisotopic (exact) mass is 312 g/mol. The minimum Gasteiger partial charge on any atom is -0.496 e. The number of carbonyl (C=O) groups is 1. The van der Waals surface area contributed by atoms with Gasteiger partial charge in [0.1, 0.15) is 5.75 Å². The average molecular weight is 313 g/mol. The first-order chi connectivity index (χ1) is 9.61. The fourth-order valence-corrected chi connectivity index (χ4v) is 2.72. The van der Waals surface area contributed by atoms with Gasteiger partial charge in [-0.15, -0.1) is 12.4 Å². The lowest BCUT2D eigenvalue weighted by atomic mass is 10.0. The van der Waals surface area contributed by atoms with Crippen LogP contribution in [0.15, 0.2) is 18.2 Å². The second-order valence-electron chi connectivity index (χ2n) is 5.50. The number of hydrogen-bond donors (Lipinski definition) is 1. The van der Waals surface area contributed by atoms with Crippen LogP contribution < -0.4 is 10.1 Å². The minimum absolute atomic E-state index is 0. The maximum atomic E-state index is 12.3. The molecule has 1 amide bonds. The van der Waals surface area contributed by atoms with Gasteiger partial charge < -0.3 is 15.0 Å². The van der Waals surface area contributed by atoms with Crippen molar-refractivity contribution in [3.8, 4) is 5.75 Å². The Morgan fingerprint density at radius 3 is 2.76 bits per heavy atom. The number of likely N-dealkylation sites (N-methyl/N-ethyl adjacent to an activating group) is 1. The summed E-state index contributed by atoms with van der Waals surface area (Å²) in [6.45, 7) is 3.61. The molecule has 4 nitrogen and oxygen atoms in total. The van der Waals surface area contributed by atoms with Crippen LogP contribution in [0.4, 0.5) is 0 Å². The summed E-state index contributed by atoms with van der Waals surface area (Å²) in [4.78, 5) is 14.2. The first-order valence-corrected chi connectivity index (χ1v) is 7.23. The highest BCUT2D eigenvalue weighted by atomic mass is 35.5. The topological polar surface area (TPSA) is 41.6 Å². The van der Waals surface area contributed by atoms with E-state index in [1.54, 1.807) is 7.11 Å². The van der Waals surface area contributed by atoms with Crippen LogP contribution in [0.25, 0.3) is 0 Å². The Balaban J connectivity index is 0.00000220. The third-order valence-electron chi connectivity index (χ3n) is 3.86. The largest absolute Gasteiger partial charge is 0.496 e. The number of carbonyl (C=O) groups excluding carboxylic acids is 1. The Bertz CT molecular complexity index is 473. The van der Waals surface area contributed by atoms with Gasteiger partial charge in [0.15, 0.2) is 0 Å². The number of rotatable bonds is 4. The van der Waals surface area contributed by atoms with E-state index < -0.39 is 0 Å². The van der Waals surface area contributed by atoms with Crippen molar-refractivity contribution in [3.05, 3.63) is 29.3 Å². The van der Waals surface area contributed by atoms with Gasteiger partial charge in [-0.25, -0.2) is 0 Å². The SMILES string of the molecule is COc1ccc(CN(C)C(=O)[C@H]2CCCCN2)cc1C.Cl. The van der Waals surface area contributed by atoms with E-state index in [9.17, 15) is 4.79 Å². The predicted molar refractivity (Wildman–Crippen MR) is 87.1 cm³/mol. The molecule has 1 aromatic carbocycles. The minimum atomic E-state index is -0.00639. The summed E-state index contributed by atoms with van der Waals surface area (Å²) in [6, 6.07) is 6.05. The number of halogens is 1. The number of amides is 1. The lowest BCUT2D eigenvalue weighted by Gasteiger charge is -2.27. The van der Waals surface area contributed by atoms with Gasteiger partial charge in [-0.05, 0) is 43.5 Å². The van der Waals surface area contributed by atoms with Gasteiger partial charge in [0, 0.05) is 13.6 Å². The van der Waals surface area contributed by atoms with Crippen LogP contribution in [-0.2, 0) is 11.3 Å². The van der Waals surface area contributed by atoms with Gasteiger partial charge in [0.2, 0.25) is 5.91 Å². The number of piperidine rings is 1. The quantitative estimate of drug-likeness (QED) is 0.929. The lowest BCUT2D eigenvalue weighted by molar-refractivity contribution is -0.133. The number of nitrogens with one attached hydrogen (secondary N) is 1. The Kier molecular flexibility index (Phi) is 6.99. The molecule has 0 aliphatic carbocycles. The Morgan fingerprint density at radius 1 is 1.43 bits per heavy atom. The number of benzene rings is 1. The molecule has 1 fully saturated rings. The Hall–Kier alpha value is -1.26. The Morgan fingerprint density at radius 2 is 2.19 bits per heavy atom. The normalized spacial score (nSPS) is 17.8. The summed E-state index contributed by atoms with van der Waals surface area (Å²) in [6.07, 6.45) is 3.26. The lowest BCUT2D eigenvalue weighted by Crippen LogP contribution is -2.46. The summed E-state index contributed by atoms with van der Waals surface area (Å²) < 4.78 is 5.26. The smallest absolute Gasteiger partial charge is 0.239 e. The number of methoxy groups -OCH3 is 1. The van der Waals surface area contributed by atoms with E-state index in [0.717, 1.165) is 36.3 Å². The van der Waals surface area contributed by atoms with Crippen LogP contribution in [0.2, 0.25) is 0 Å². The number of hydrogen-bond acceptors (Lipinski definition) is 3. The van der Waals surface area contributed by atoms with Crippen LogP contribution >= 0.6 is 12.4 Å². The molecule has 1 N–H and O–H groups in total. The van der Waals surface area contributed by atoms with E-state index in [0.29, 0.717) is 6.54 Å². The molecule has 5 heteroatoms. The van der Waals surface area contributed by atoms with E-state index in [4.69, 9.17) is 4.74 Å². The molecule has 0 radical (unpaired) electrons. The van der Waals surface area contributed by atoms with Crippen molar-refractivity contribution in [1.82, 2.24) is 10.2 Å². The fourth-order valence-electron chi connectivity index (χ4n) is 2.72. The van der Waals surface area contributed by atoms with Gasteiger partial charge in [-0.3, -0.25) is 4.79 Å². The van der Waals surface area contributed by atoms with Crippen molar-refractivity contribution in [3.63, 3.8) is 0 Å². The molecule has 0 unspecified atom stereocenters. The third-order valence-corrected chi connectivity index (χ3v) is 3.86. The molecule has 1 saturated heterocycles. The van der Waals surface area contributed by atoms with Gasteiger partial charge in [-0.2, -0.15) is 0 Å². The van der Waals surface area contributed by atoms with E-state index in [2.05, 4.69) is 11.4 Å². The maximum absolute atomic E-state index is 12.3. The second-order valence-corrected chi connectivity index (χ2v) is 5.50. The first kappa shape index (κ1) is 17.8. The van der Waals surface area contributed by atoms with Crippen molar-refractivity contribution in [2.75, 3.05) is 20.7 Å². The molecule has 0 saturated carbocycles. The number of ether oxygens (including phenoxy) is 1. The molecule has 1 aliphatic heterocycles. The molecular formula is C16H25ClN2O2. The van der Waals surface area contributed by atoms with Crippen LogP contribution in [0.3, 0.4) is 0 Å². The fraction of sp³-hybridized carbons (Fsp3) is 0.562. The summed E-state index contributed by atoms with van der Waals surface area (Å²) in [5, 5.41) is 3.30. The highest BCUT2D eigenvalue weighted by Gasteiger charge is 2.23. The number of aryl methyl sites for hydroxylation is 1. The highest BCUT2D eigenvalue weighted by Crippen LogP contribution is 2.19. The van der Waals surface area contributed by atoms with E-state index in [-0.39, 0.29) is 24.4 Å². The molecule has 21 heavy (non-hydrogen) atoms.